The quantitative estimate of drug-likeness (QED) is 0.441. The Labute approximate surface area is 144 Å². The molecule has 1 fully saturated rings. The van der Waals surface area contributed by atoms with Gasteiger partial charge in [0.25, 0.3) is 0 Å². The molecule has 2 unspecified atom stereocenters. The van der Waals surface area contributed by atoms with Crippen LogP contribution in [0.5, 0.6) is 0 Å². The third-order valence-electron chi connectivity index (χ3n) is 3.61. The number of carbonyl (C=O) groups excluding carboxylic acids is 3. The zero-order chi connectivity index (χ0) is 17.3. The van der Waals surface area contributed by atoms with Gasteiger partial charge >= 0.3 is 5.97 Å². The van der Waals surface area contributed by atoms with Crippen molar-refractivity contribution >= 4 is 47.0 Å². The number of carboxylic acid groups (broad SMARTS) is 1. The number of carboxylic acids is 1. The summed E-state index contributed by atoms with van der Waals surface area (Å²) in [7, 11) is 0. The highest BCUT2D eigenvalue weighted by atomic mass is 32.2. The molecule has 0 aliphatic carbocycles. The molecular weight excluding hydrogens is 354 g/mol. The van der Waals surface area contributed by atoms with Crippen LogP contribution in [0, 0.1) is 0 Å². The van der Waals surface area contributed by atoms with Gasteiger partial charge in [-0.15, -0.1) is 23.1 Å². The second-order valence-electron chi connectivity index (χ2n) is 5.06. The summed E-state index contributed by atoms with van der Waals surface area (Å²) in [4.78, 5) is 51.4. The van der Waals surface area contributed by atoms with Gasteiger partial charge in [0.05, 0.1) is 12.1 Å². The highest BCUT2D eigenvalue weighted by Gasteiger charge is 2.56. The molecule has 24 heavy (non-hydrogen) atoms. The average Bonchev–Trinajstić information content (AvgIpc) is 3.05. The number of aliphatic imine (C=N–C) groups is 1. The smallest absolute Gasteiger partial charge is 0.332 e. The number of carbonyl (C=O) groups is 3. The van der Waals surface area contributed by atoms with Crippen molar-refractivity contribution in [1.29, 1.82) is 0 Å². The molecule has 3 heterocycles. The first kappa shape index (κ1) is 16.4. The molecule has 0 radical (unpaired) electrons. The van der Waals surface area contributed by atoms with E-state index < -0.39 is 29.3 Å². The number of aliphatic carboxylic acids is 1. The molecule has 3 rings (SSSR count). The maximum atomic E-state index is 12.3. The Bertz CT molecular complexity index is 769. The monoisotopic (exact) mass is 365 g/mol. The van der Waals surface area contributed by atoms with Crippen molar-refractivity contribution in [3.8, 4) is 0 Å². The Hall–Kier alpha value is -2.42. The maximum Gasteiger partial charge on any atom is 0.332 e. The van der Waals surface area contributed by atoms with E-state index in [-0.39, 0.29) is 18.0 Å². The topological polar surface area (TPSA) is 116 Å². The lowest BCUT2D eigenvalue weighted by Crippen LogP contribution is -2.73. The van der Waals surface area contributed by atoms with E-state index in [0.29, 0.717) is 0 Å². The minimum absolute atomic E-state index is 0.0459. The lowest BCUT2D eigenvalue weighted by molar-refractivity contribution is -0.160. The highest BCUT2D eigenvalue weighted by molar-refractivity contribution is 8.02. The van der Waals surface area contributed by atoms with Crippen molar-refractivity contribution in [1.82, 2.24) is 10.2 Å². The van der Waals surface area contributed by atoms with Crippen LogP contribution in [0.4, 0.5) is 0 Å². The van der Waals surface area contributed by atoms with E-state index in [9.17, 15) is 24.3 Å². The molecule has 10 heteroatoms. The normalized spacial score (nSPS) is 25.0. The molecule has 0 aromatic carbocycles. The molecule has 124 valence electrons. The summed E-state index contributed by atoms with van der Waals surface area (Å²) < 4.78 is 0. The van der Waals surface area contributed by atoms with Gasteiger partial charge in [-0.3, -0.25) is 9.59 Å². The summed E-state index contributed by atoms with van der Waals surface area (Å²) in [5.74, 6) is -2.10. The molecular formula is C14H11N3O5S2. The van der Waals surface area contributed by atoms with Crippen LogP contribution < -0.4 is 5.32 Å². The van der Waals surface area contributed by atoms with Crippen LogP contribution in [0.1, 0.15) is 4.88 Å². The van der Waals surface area contributed by atoms with Gasteiger partial charge in [0.2, 0.25) is 17.9 Å². The van der Waals surface area contributed by atoms with Gasteiger partial charge in [-0.25, -0.2) is 9.59 Å². The Morgan fingerprint density at radius 1 is 1.46 bits per heavy atom. The summed E-state index contributed by atoms with van der Waals surface area (Å²) in [6.07, 6.45) is 1.45. The standard InChI is InChI=1S/C14H11N3O5S2/c18-6-15-8-5-24-13-10(12(20)17(13)11(8)14(21)22)16-9(19)4-7-2-1-3-23-7/h1-3,5,10-11,13H,4H2,(H,16,19)(H,21,22)/t10?,11?,13-/m1/s1. The summed E-state index contributed by atoms with van der Waals surface area (Å²) in [5, 5.41) is 14.7. The molecule has 0 spiro atoms. The van der Waals surface area contributed by atoms with Crippen molar-refractivity contribution in [3.05, 3.63) is 33.5 Å². The van der Waals surface area contributed by atoms with Crippen LogP contribution in [0.2, 0.25) is 0 Å². The summed E-state index contributed by atoms with van der Waals surface area (Å²) in [5.41, 5.74) is -0.0459. The van der Waals surface area contributed by atoms with Gasteiger partial charge in [0, 0.05) is 4.88 Å². The zero-order valence-corrected chi connectivity index (χ0v) is 13.7. The molecule has 2 aliphatic rings. The number of nitrogens with one attached hydrogen (secondary N) is 1. The number of thioether (sulfide) groups is 1. The Kier molecular flexibility index (Phi) is 4.52. The summed E-state index contributed by atoms with van der Waals surface area (Å²) >= 11 is 2.58. The number of amides is 2. The van der Waals surface area contributed by atoms with E-state index in [1.807, 2.05) is 17.5 Å². The number of isocyanates is 1. The SMILES string of the molecule is O=C=NC1=CS[C@@H]2C(NC(=O)Cc3cccs3)C(=O)N2C1C(=O)O. The van der Waals surface area contributed by atoms with Gasteiger partial charge in [-0.2, -0.15) is 4.99 Å². The number of fused-ring (bicyclic) bond motifs is 1. The maximum absolute atomic E-state index is 12.3. The Morgan fingerprint density at radius 3 is 2.88 bits per heavy atom. The molecule has 2 amide bonds. The summed E-state index contributed by atoms with van der Waals surface area (Å²) in [6, 6.07) is 1.53. The van der Waals surface area contributed by atoms with Crippen LogP contribution in [0.3, 0.4) is 0 Å². The van der Waals surface area contributed by atoms with Gasteiger partial charge in [-0.1, -0.05) is 6.07 Å². The van der Waals surface area contributed by atoms with Crippen LogP contribution in [-0.4, -0.2) is 51.3 Å². The molecule has 0 saturated carbocycles. The van der Waals surface area contributed by atoms with Crippen molar-refractivity contribution in [2.75, 3.05) is 0 Å². The molecule has 8 nitrogen and oxygen atoms in total. The lowest BCUT2D eigenvalue weighted by atomic mass is 10.0. The highest BCUT2D eigenvalue weighted by Crippen LogP contribution is 2.40. The Morgan fingerprint density at radius 2 is 2.25 bits per heavy atom. The van der Waals surface area contributed by atoms with Gasteiger partial charge < -0.3 is 15.3 Å². The zero-order valence-electron chi connectivity index (χ0n) is 12.0. The Balaban J connectivity index is 1.72. The third-order valence-corrected chi connectivity index (χ3v) is 5.64. The molecule has 0 bridgehead atoms. The lowest BCUT2D eigenvalue weighted by Gasteiger charge is -2.50. The number of rotatable bonds is 5. The number of nitrogens with zero attached hydrogens (tertiary/aromatic N) is 2. The van der Waals surface area contributed by atoms with Crippen molar-refractivity contribution in [2.24, 2.45) is 4.99 Å². The molecule has 1 aromatic rings. The predicted molar refractivity (Wildman–Crippen MR) is 85.8 cm³/mol. The van der Waals surface area contributed by atoms with E-state index in [1.54, 1.807) is 0 Å². The fraction of sp³-hybridized carbons (Fsp3) is 0.286. The minimum atomic E-state index is -1.34. The van der Waals surface area contributed by atoms with Gasteiger partial charge in [-0.05, 0) is 16.9 Å². The van der Waals surface area contributed by atoms with Crippen LogP contribution in [0.15, 0.2) is 33.6 Å². The molecule has 3 atom stereocenters. The third kappa shape index (κ3) is 2.86. The predicted octanol–water partition coefficient (Wildman–Crippen LogP) is 0.321. The fourth-order valence-electron chi connectivity index (χ4n) is 2.57. The van der Waals surface area contributed by atoms with E-state index in [0.717, 1.165) is 21.5 Å². The van der Waals surface area contributed by atoms with Gasteiger partial charge in [0.1, 0.15) is 11.4 Å². The van der Waals surface area contributed by atoms with E-state index in [4.69, 9.17) is 0 Å². The number of thiophene rings is 1. The van der Waals surface area contributed by atoms with Crippen molar-refractivity contribution in [3.63, 3.8) is 0 Å². The van der Waals surface area contributed by atoms with Crippen LogP contribution in [-0.2, 0) is 25.6 Å². The second-order valence-corrected chi connectivity index (χ2v) is 7.08. The van der Waals surface area contributed by atoms with Crippen LogP contribution >= 0.6 is 23.1 Å². The van der Waals surface area contributed by atoms with E-state index in [2.05, 4.69) is 10.3 Å². The molecule has 2 N–H and O–H groups in total. The van der Waals surface area contributed by atoms with E-state index >= 15 is 0 Å². The molecule has 2 aliphatic heterocycles. The first-order valence-corrected chi connectivity index (χ1v) is 8.65. The minimum Gasteiger partial charge on any atom is -0.479 e. The van der Waals surface area contributed by atoms with Crippen molar-refractivity contribution < 1.29 is 24.3 Å². The molecule has 1 aromatic heterocycles. The average molecular weight is 365 g/mol. The number of hydrogen-bond acceptors (Lipinski definition) is 7. The largest absolute Gasteiger partial charge is 0.479 e. The van der Waals surface area contributed by atoms with Crippen LogP contribution in [0.25, 0.3) is 0 Å². The first-order valence-electron chi connectivity index (χ1n) is 6.83. The number of hydrogen-bond donors (Lipinski definition) is 2. The first-order chi connectivity index (χ1) is 11.5. The van der Waals surface area contributed by atoms with Crippen molar-refractivity contribution in [2.45, 2.75) is 23.9 Å². The van der Waals surface area contributed by atoms with E-state index in [1.165, 1.54) is 22.8 Å². The number of β-lactam (4-membered cyclic amide) rings is 1. The molecule has 1 saturated heterocycles. The fourth-order valence-corrected chi connectivity index (χ4v) is 4.43. The van der Waals surface area contributed by atoms with Gasteiger partial charge in [0.15, 0.2) is 6.04 Å². The summed E-state index contributed by atoms with van der Waals surface area (Å²) in [6.45, 7) is 0. The second kappa shape index (κ2) is 6.60.